The molecular weight excluding hydrogens is 310 g/mol. The van der Waals surface area contributed by atoms with Crippen molar-refractivity contribution < 1.29 is 18.3 Å². The monoisotopic (exact) mass is 329 g/mol. The number of hydrogen-bond donors (Lipinski definition) is 2. The van der Waals surface area contributed by atoms with Gasteiger partial charge in [0.1, 0.15) is 0 Å². The van der Waals surface area contributed by atoms with Gasteiger partial charge in [0.2, 0.25) is 10.0 Å². The van der Waals surface area contributed by atoms with Gasteiger partial charge in [0.05, 0.1) is 10.5 Å². The molecule has 0 amide bonds. The minimum absolute atomic E-state index is 0.0152. The maximum Gasteiger partial charge on any atom is 0.335 e. The number of sulfonamides is 1. The summed E-state index contributed by atoms with van der Waals surface area (Å²) in [6, 6.07) is 2.84. The van der Waals surface area contributed by atoms with Crippen LogP contribution < -0.4 is 4.72 Å². The summed E-state index contributed by atoms with van der Waals surface area (Å²) in [4.78, 5) is 11.2. The largest absolute Gasteiger partial charge is 0.478 e. The maximum absolute atomic E-state index is 12.4. The van der Waals surface area contributed by atoms with Gasteiger partial charge in [0.15, 0.2) is 0 Å². The Hall–Kier alpha value is -1.05. The van der Waals surface area contributed by atoms with Gasteiger partial charge in [0.25, 0.3) is 0 Å². The number of rotatable bonds is 6. The van der Waals surface area contributed by atoms with Crippen molar-refractivity contribution in [3.8, 4) is 0 Å². The second-order valence-corrected chi connectivity index (χ2v) is 8.46. The second kappa shape index (κ2) is 5.62. The first-order valence-electron chi connectivity index (χ1n) is 6.60. The summed E-state index contributed by atoms with van der Waals surface area (Å²) >= 11 is 1.67. The zero-order valence-corrected chi connectivity index (χ0v) is 13.9. The van der Waals surface area contributed by atoms with Crippen LogP contribution in [0.3, 0.4) is 0 Å². The summed E-state index contributed by atoms with van der Waals surface area (Å²) in [5, 5.41) is 9.14. The number of aromatic carboxylic acids is 1. The van der Waals surface area contributed by atoms with Gasteiger partial charge >= 0.3 is 5.97 Å². The Morgan fingerprint density at radius 2 is 1.95 bits per heavy atom. The van der Waals surface area contributed by atoms with Crippen LogP contribution in [0.4, 0.5) is 0 Å². The number of benzene rings is 1. The molecular formula is C14H19NO4S2. The highest BCUT2D eigenvalue weighted by molar-refractivity contribution is 8.00. The summed E-state index contributed by atoms with van der Waals surface area (Å²) in [7, 11) is -3.69. The smallest absolute Gasteiger partial charge is 0.335 e. The van der Waals surface area contributed by atoms with E-state index in [0.717, 1.165) is 12.8 Å². The molecule has 1 aromatic rings. The lowest BCUT2D eigenvalue weighted by Gasteiger charge is -2.15. The molecule has 2 rings (SSSR count). The molecule has 0 bridgehead atoms. The molecule has 1 aliphatic rings. The highest BCUT2D eigenvalue weighted by atomic mass is 32.2. The Bertz CT molecular complexity index is 678. The van der Waals surface area contributed by atoms with E-state index in [2.05, 4.69) is 4.72 Å². The van der Waals surface area contributed by atoms with Gasteiger partial charge < -0.3 is 5.11 Å². The molecule has 0 aliphatic heterocycles. The normalized spacial score (nSPS) is 16.7. The third-order valence-electron chi connectivity index (χ3n) is 3.87. The molecule has 1 aliphatic carbocycles. The van der Waals surface area contributed by atoms with Crippen molar-refractivity contribution >= 4 is 27.8 Å². The van der Waals surface area contributed by atoms with Gasteiger partial charge in [-0.05, 0) is 50.1 Å². The first kappa shape index (κ1) is 16.3. The fourth-order valence-electron chi connectivity index (χ4n) is 2.25. The molecule has 5 nitrogen and oxygen atoms in total. The van der Waals surface area contributed by atoms with Gasteiger partial charge in [-0.1, -0.05) is 6.07 Å². The summed E-state index contributed by atoms with van der Waals surface area (Å²) in [5.74, 6) is -1.12. The molecule has 0 heterocycles. The zero-order chi connectivity index (χ0) is 15.8. The summed E-state index contributed by atoms with van der Waals surface area (Å²) in [6.07, 6.45) is 3.98. The number of hydrogen-bond acceptors (Lipinski definition) is 4. The van der Waals surface area contributed by atoms with Crippen molar-refractivity contribution in [2.75, 3.05) is 12.8 Å². The van der Waals surface area contributed by atoms with Crippen LogP contribution in [0.15, 0.2) is 17.0 Å². The number of thioether (sulfide) groups is 1. The average Bonchev–Trinajstić information content (AvgIpc) is 3.16. The lowest BCUT2D eigenvalue weighted by Crippen LogP contribution is -2.32. The van der Waals surface area contributed by atoms with E-state index in [1.54, 1.807) is 31.7 Å². The first-order valence-corrected chi connectivity index (χ1v) is 9.31. The van der Waals surface area contributed by atoms with Crippen LogP contribution in [-0.4, -0.2) is 37.0 Å². The molecule has 0 saturated heterocycles. The second-order valence-electron chi connectivity index (χ2n) is 5.45. The molecule has 2 N–H and O–H groups in total. The van der Waals surface area contributed by atoms with Gasteiger partial charge in [0, 0.05) is 11.3 Å². The molecule has 0 radical (unpaired) electrons. The van der Waals surface area contributed by atoms with Gasteiger partial charge in [-0.15, -0.1) is 0 Å². The van der Waals surface area contributed by atoms with E-state index in [1.165, 1.54) is 6.07 Å². The van der Waals surface area contributed by atoms with Crippen LogP contribution in [-0.2, 0) is 10.0 Å². The first-order chi connectivity index (χ1) is 9.71. The summed E-state index contributed by atoms with van der Waals surface area (Å²) < 4.78 is 27.5. The van der Waals surface area contributed by atoms with Gasteiger partial charge in [-0.2, -0.15) is 11.8 Å². The topological polar surface area (TPSA) is 83.5 Å². The number of carboxylic acid groups (broad SMARTS) is 1. The lowest BCUT2D eigenvalue weighted by atomic mass is 10.1. The van der Waals surface area contributed by atoms with E-state index in [-0.39, 0.29) is 15.2 Å². The van der Waals surface area contributed by atoms with E-state index >= 15 is 0 Å². The van der Waals surface area contributed by atoms with Crippen molar-refractivity contribution in [1.29, 1.82) is 0 Å². The Balaban J connectivity index is 2.31. The fourth-order valence-corrected chi connectivity index (χ4v) is 4.44. The molecule has 0 atom stereocenters. The van der Waals surface area contributed by atoms with E-state index in [4.69, 9.17) is 5.11 Å². The van der Waals surface area contributed by atoms with Crippen LogP contribution in [0.1, 0.15) is 34.3 Å². The Labute approximate surface area is 129 Å². The maximum atomic E-state index is 12.4. The summed E-state index contributed by atoms with van der Waals surface area (Å²) in [5.41, 5.74) is 1.13. The zero-order valence-electron chi connectivity index (χ0n) is 12.3. The van der Waals surface area contributed by atoms with Gasteiger partial charge in [-0.3, -0.25) is 0 Å². The SMILES string of the molecule is CSC1(CNS(=O)(=O)c2cc(C(=O)O)c(C)cc2C)CC1. The standard InChI is InChI=1S/C14H19NO4S2/c1-9-6-10(2)12(7-11(9)13(16)17)21(18,19)15-8-14(20-3)4-5-14/h6-7,15H,4-5,8H2,1-3H3,(H,16,17). The Morgan fingerprint density at radius 3 is 2.43 bits per heavy atom. The third kappa shape index (κ3) is 3.41. The van der Waals surface area contributed by atoms with Crippen molar-refractivity contribution in [3.63, 3.8) is 0 Å². The molecule has 116 valence electrons. The molecule has 0 aromatic heterocycles. The van der Waals surface area contributed by atoms with Crippen LogP contribution in [0.2, 0.25) is 0 Å². The molecule has 21 heavy (non-hydrogen) atoms. The highest BCUT2D eigenvalue weighted by Crippen LogP contribution is 2.46. The Morgan fingerprint density at radius 1 is 1.33 bits per heavy atom. The Kier molecular flexibility index (Phi) is 4.37. The summed E-state index contributed by atoms with van der Waals surface area (Å²) in [6.45, 7) is 3.72. The average molecular weight is 329 g/mol. The highest BCUT2D eigenvalue weighted by Gasteiger charge is 2.42. The number of carboxylic acids is 1. The molecule has 0 unspecified atom stereocenters. The predicted molar refractivity (Wildman–Crippen MR) is 83.5 cm³/mol. The number of nitrogens with one attached hydrogen (secondary N) is 1. The lowest BCUT2D eigenvalue weighted by molar-refractivity contribution is 0.0696. The molecule has 7 heteroatoms. The van der Waals surface area contributed by atoms with Crippen molar-refractivity contribution in [2.24, 2.45) is 0 Å². The van der Waals surface area contributed by atoms with Crippen LogP contribution in [0.5, 0.6) is 0 Å². The van der Waals surface area contributed by atoms with E-state index in [1.807, 2.05) is 6.26 Å². The van der Waals surface area contributed by atoms with Crippen LogP contribution in [0.25, 0.3) is 0 Å². The van der Waals surface area contributed by atoms with Crippen molar-refractivity contribution in [2.45, 2.75) is 36.3 Å². The quantitative estimate of drug-likeness (QED) is 0.836. The van der Waals surface area contributed by atoms with Crippen LogP contribution >= 0.6 is 11.8 Å². The van der Waals surface area contributed by atoms with Crippen molar-refractivity contribution in [3.05, 3.63) is 28.8 Å². The third-order valence-corrected chi connectivity index (χ3v) is 6.83. The number of aryl methyl sites for hydroxylation is 2. The molecule has 0 spiro atoms. The molecule has 1 aromatic carbocycles. The van der Waals surface area contributed by atoms with E-state index < -0.39 is 16.0 Å². The molecule has 1 fully saturated rings. The van der Waals surface area contributed by atoms with Crippen LogP contribution in [0, 0.1) is 13.8 Å². The van der Waals surface area contributed by atoms with Gasteiger partial charge in [-0.25, -0.2) is 17.9 Å². The minimum atomic E-state index is -3.69. The van der Waals surface area contributed by atoms with E-state index in [9.17, 15) is 13.2 Å². The van der Waals surface area contributed by atoms with Crippen molar-refractivity contribution in [1.82, 2.24) is 4.72 Å². The number of carbonyl (C=O) groups is 1. The predicted octanol–water partition coefficient (Wildman–Crippen LogP) is 2.18. The van der Waals surface area contributed by atoms with E-state index in [0.29, 0.717) is 17.7 Å². The fraction of sp³-hybridized carbons (Fsp3) is 0.500. The molecule has 1 saturated carbocycles. The minimum Gasteiger partial charge on any atom is -0.478 e.